The summed E-state index contributed by atoms with van der Waals surface area (Å²) >= 11 is 0. The maximum Gasteiger partial charge on any atom is 0.308 e. The zero-order valence-corrected chi connectivity index (χ0v) is 15.7. The number of ether oxygens (including phenoxy) is 2. The summed E-state index contributed by atoms with van der Waals surface area (Å²) in [7, 11) is 2.10. The first-order chi connectivity index (χ1) is 10.8. The first-order valence-electron chi connectivity index (χ1n) is 9.33. The van der Waals surface area contributed by atoms with Crippen molar-refractivity contribution in [3.8, 4) is 0 Å². The largest absolute Gasteiger partial charge is 0.435 e. The third-order valence-corrected chi connectivity index (χ3v) is 5.74. The summed E-state index contributed by atoms with van der Waals surface area (Å²) in [6.45, 7) is 12.1. The molecule has 0 N–H and O–H groups in total. The van der Waals surface area contributed by atoms with Gasteiger partial charge < -0.3 is 14.4 Å². The van der Waals surface area contributed by atoms with Crippen LogP contribution in [0.25, 0.3) is 0 Å². The molecule has 0 aromatic heterocycles. The Bertz CT molecular complexity index is 396. The highest BCUT2D eigenvalue weighted by atomic mass is 16.7. The van der Waals surface area contributed by atoms with E-state index in [1.165, 1.54) is 12.8 Å². The first kappa shape index (κ1) is 18.7. The van der Waals surface area contributed by atoms with E-state index in [-0.39, 0.29) is 24.3 Å². The molecule has 0 radical (unpaired) electrons. The van der Waals surface area contributed by atoms with Gasteiger partial charge in [0.25, 0.3) is 0 Å². The van der Waals surface area contributed by atoms with E-state index in [1.807, 2.05) is 0 Å². The van der Waals surface area contributed by atoms with Crippen molar-refractivity contribution in [1.29, 1.82) is 0 Å². The Morgan fingerprint density at radius 1 is 1.26 bits per heavy atom. The van der Waals surface area contributed by atoms with E-state index in [9.17, 15) is 4.79 Å². The lowest BCUT2D eigenvalue weighted by Crippen LogP contribution is -2.41. The van der Waals surface area contributed by atoms with Crippen LogP contribution in [-0.4, -0.2) is 42.9 Å². The van der Waals surface area contributed by atoms with Crippen LogP contribution in [0.1, 0.15) is 60.3 Å². The molecule has 1 heterocycles. The fraction of sp³-hybridized carbons (Fsp3) is 0.947. The van der Waals surface area contributed by atoms with Crippen LogP contribution in [0.15, 0.2) is 0 Å². The number of hydrogen-bond acceptors (Lipinski definition) is 4. The summed E-state index contributed by atoms with van der Waals surface area (Å²) in [5.74, 6) is 1.93. The highest BCUT2D eigenvalue weighted by Crippen LogP contribution is 2.38. The predicted octanol–water partition coefficient (Wildman–Crippen LogP) is 3.69. The SMILES string of the molecule is CC(C)[C@@H]1CC[C@@H](C)C[C@H]1O[C@@H]1OC(=O)C[C@H]1CN(C)C(C)C. The molecule has 2 fully saturated rings. The van der Waals surface area contributed by atoms with E-state index < -0.39 is 0 Å². The van der Waals surface area contributed by atoms with Gasteiger partial charge in [0.2, 0.25) is 6.29 Å². The summed E-state index contributed by atoms with van der Waals surface area (Å²) in [5.41, 5.74) is 0. The van der Waals surface area contributed by atoms with Crippen molar-refractivity contribution >= 4 is 5.97 Å². The lowest BCUT2D eigenvalue weighted by molar-refractivity contribution is -0.197. The van der Waals surface area contributed by atoms with Gasteiger partial charge in [0.15, 0.2) is 0 Å². The molecule has 1 aliphatic heterocycles. The van der Waals surface area contributed by atoms with Gasteiger partial charge in [-0.2, -0.15) is 0 Å². The van der Waals surface area contributed by atoms with Gasteiger partial charge in [-0.15, -0.1) is 0 Å². The molecule has 1 saturated carbocycles. The first-order valence-corrected chi connectivity index (χ1v) is 9.33. The van der Waals surface area contributed by atoms with E-state index in [0.717, 1.165) is 13.0 Å². The molecule has 0 aromatic carbocycles. The van der Waals surface area contributed by atoms with E-state index >= 15 is 0 Å². The Morgan fingerprint density at radius 2 is 1.96 bits per heavy atom. The topological polar surface area (TPSA) is 38.8 Å². The van der Waals surface area contributed by atoms with Crippen molar-refractivity contribution < 1.29 is 14.3 Å². The molecule has 1 saturated heterocycles. The molecular formula is C19H35NO3. The molecule has 2 aliphatic rings. The molecule has 0 aromatic rings. The second kappa shape index (κ2) is 7.98. The highest BCUT2D eigenvalue weighted by Gasteiger charge is 2.41. The Labute approximate surface area is 141 Å². The number of nitrogens with zero attached hydrogens (tertiary/aromatic N) is 1. The van der Waals surface area contributed by atoms with Gasteiger partial charge in [-0.1, -0.05) is 27.2 Å². The minimum absolute atomic E-state index is 0.109. The van der Waals surface area contributed by atoms with Crippen molar-refractivity contribution in [2.75, 3.05) is 13.6 Å². The molecule has 0 spiro atoms. The van der Waals surface area contributed by atoms with E-state index in [1.54, 1.807) is 0 Å². The number of rotatable bonds is 6. The molecular weight excluding hydrogens is 290 g/mol. The lowest BCUT2D eigenvalue weighted by atomic mass is 9.75. The standard InChI is InChI=1S/C19H35NO3/c1-12(2)16-8-7-14(5)9-17(16)22-19-15(10-18(21)23-19)11-20(6)13(3)4/h12-17,19H,7-11H2,1-6H3/t14-,15+,16+,17-,19-/m1/s1. The van der Waals surface area contributed by atoms with Gasteiger partial charge in [0.1, 0.15) is 0 Å². The Balaban J connectivity index is 2.01. The van der Waals surface area contributed by atoms with Crippen LogP contribution in [0.5, 0.6) is 0 Å². The van der Waals surface area contributed by atoms with Crippen LogP contribution >= 0.6 is 0 Å². The van der Waals surface area contributed by atoms with Crippen LogP contribution in [-0.2, 0) is 14.3 Å². The molecule has 0 unspecified atom stereocenters. The lowest BCUT2D eigenvalue weighted by Gasteiger charge is -2.39. The zero-order valence-electron chi connectivity index (χ0n) is 15.7. The molecule has 5 atom stereocenters. The molecule has 1 aliphatic carbocycles. The maximum atomic E-state index is 11.8. The van der Waals surface area contributed by atoms with Gasteiger partial charge in [-0.3, -0.25) is 4.79 Å². The van der Waals surface area contributed by atoms with Crippen molar-refractivity contribution in [2.24, 2.45) is 23.7 Å². The van der Waals surface area contributed by atoms with E-state index in [0.29, 0.717) is 30.2 Å². The van der Waals surface area contributed by atoms with Crippen molar-refractivity contribution in [2.45, 2.75) is 78.7 Å². The quantitative estimate of drug-likeness (QED) is 0.698. The Kier molecular flexibility index (Phi) is 6.49. The maximum absolute atomic E-state index is 11.8. The van der Waals surface area contributed by atoms with Crippen LogP contribution in [0.2, 0.25) is 0 Å². The number of carbonyl (C=O) groups is 1. The van der Waals surface area contributed by atoms with Crippen molar-refractivity contribution in [3.63, 3.8) is 0 Å². The smallest absolute Gasteiger partial charge is 0.308 e. The zero-order chi connectivity index (χ0) is 17.1. The monoisotopic (exact) mass is 325 g/mol. The molecule has 0 bridgehead atoms. The summed E-state index contributed by atoms with van der Waals surface area (Å²) in [5, 5.41) is 0. The van der Waals surface area contributed by atoms with Gasteiger partial charge in [-0.25, -0.2) is 0 Å². The molecule has 0 amide bonds. The normalized spacial score (nSPS) is 35.3. The number of hydrogen-bond donors (Lipinski definition) is 0. The van der Waals surface area contributed by atoms with Crippen LogP contribution in [0, 0.1) is 23.7 Å². The highest BCUT2D eigenvalue weighted by molar-refractivity contribution is 5.71. The number of esters is 1. The fourth-order valence-corrected chi connectivity index (χ4v) is 3.90. The molecule has 2 rings (SSSR count). The third-order valence-electron chi connectivity index (χ3n) is 5.74. The minimum atomic E-state index is -0.361. The van der Waals surface area contributed by atoms with Crippen LogP contribution in [0.4, 0.5) is 0 Å². The Hall–Kier alpha value is -0.610. The molecule has 23 heavy (non-hydrogen) atoms. The second-order valence-corrected chi connectivity index (χ2v) is 8.36. The molecule has 4 nitrogen and oxygen atoms in total. The van der Waals surface area contributed by atoms with Crippen LogP contribution in [0.3, 0.4) is 0 Å². The van der Waals surface area contributed by atoms with E-state index in [2.05, 4.69) is 46.6 Å². The average Bonchev–Trinajstić information content (AvgIpc) is 2.78. The van der Waals surface area contributed by atoms with Gasteiger partial charge in [0, 0.05) is 18.5 Å². The number of cyclic esters (lactones) is 1. The predicted molar refractivity (Wildman–Crippen MR) is 92.0 cm³/mol. The van der Waals surface area contributed by atoms with Gasteiger partial charge >= 0.3 is 5.97 Å². The third kappa shape index (κ3) is 4.93. The van der Waals surface area contributed by atoms with Gasteiger partial charge in [-0.05, 0) is 51.5 Å². The van der Waals surface area contributed by atoms with E-state index in [4.69, 9.17) is 9.47 Å². The second-order valence-electron chi connectivity index (χ2n) is 8.36. The van der Waals surface area contributed by atoms with Crippen LogP contribution < -0.4 is 0 Å². The van der Waals surface area contributed by atoms with Gasteiger partial charge in [0.05, 0.1) is 12.5 Å². The summed E-state index contributed by atoms with van der Waals surface area (Å²) in [6.07, 6.45) is 3.94. The van der Waals surface area contributed by atoms with Crippen molar-refractivity contribution in [3.05, 3.63) is 0 Å². The summed E-state index contributed by atoms with van der Waals surface area (Å²) in [4.78, 5) is 14.1. The minimum Gasteiger partial charge on any atom is -0.435 e. The molecule has 134 valence electrons. The average molecular weight is 325 g/mol. The van der Waals surface area contributed by atoms with Crippen molar-refractivity contribution in [1.82, 2.24) is 4.90 Å². The Morgan fingerprint density at radius 3 is 2.57 bits per heavy atom. The summed E-state index contributed by atoms with van der Waals surface area (Å²) in [6, 6.07) is 0.462. The summed E-state index contributed by atoms with van der Waals surface area (Å²) < 4.78 is 11.9. The fourth-order valence-electron chi connectivity index (χ4n) is 3.90. The molecule has 4 heteroatoms. The number of carbonyl (C=O) groups excluding carboxylic acids is 1.